The Bertz CT molecular complexity index is 690. The summed E-state index contributed by atoms with van der Waals surface area (Å²) in [5, 5.41) is 20.3. The van der Waals surface area contributed by atoms with Crippen LogP contribution in [0.4, 0.5) is 0 Å². The third-order valence-electron chi connectivity index (χ3n) is 4.17. The molecule has 0 radical (unpaired) electrons. The number of benzene rings is 2. The molecule has 2 aromatic carbocycles. The van der Waals surface area contributed by atoms with Crippen molar-refractivity contribution >= 4 is 5.78 Å². The maximum atomic E-state index is 12.2. The Morgan fingerprint density at radius 2 is 1.50 bits per heavy atom. The van der Waals surface area contributed by atoms with Gasteiger partial charge >= 0.3 is 0 Å². The first-order valence-corrected chi connectivity index (χ1v) is 8.46. The van der Waals surface area contributed by atoms with Gasteiger partial charge in [0.25, 0.3) is 0 Å². The number of aliphatic hydroxyl groups excluding tert-OH is 2. The lowest BCUT2D eigenvalue weighted by Crippen LogP contribution is -2.39. The molecule has 2 aromatic rings. The van der Waals surface area contributed by atoms with Crippen LogP contribution in [0, 0.1) is 0 Å². The number of Topliss-reactive ketones (excluding diaryl/α,β-unsaturated/α-hetero) is 1. The van der Waals surface area contributed by atoms with Gasteiger partial charge in [-0.25, -0.2) is 0 Å². The Morgan fingerprint density at radius 1 is 0.923 bits per heavy atom. The van der Waals surface area contributed by atoms with E-state index in [1.807, 2.05) is 60.7 Å². The Hall–Kier alpha value is -2.09. The first-order chi connectivity index (χ1) is 12.6. The lowest BCUT2D eigenvalue weighted by molar-refractivity contribution is -0.158. The molecule has 0 saturated carbocycles. The molecule has 1 saturated heterocycles. The normalized spacial score (nSPS) is 25.3. The summed E-state index contributed by atoms with van der Waals surface area (Å²) in [5.41, 5.74) is 1.84. The average Bonchev–Trinajstić information content (AvgIpc) is 2.95. The fourth-order valence-electron chi connectivity index (χ4n) is 2.79. The highest BCUT2D eigenvalue weighted by molar-refractivity contribution is 5.85. The summed E-state index contributed by atoms with van der Waals surface area (Å²) in [6.45, 7) is 0.273. The van der Waals surface area contributed by atoms with Gasteiger partial charge in [-0.3, -0.25) is 4.79 Å². The zero-order valence-corrected chi connectivity index (χ0v) is 14.2. The molecule has 6 heteroatoms. The van der Waals surface area contributed by atoms with Gasteiger partial charge in [0.2, 0.25) is 0 Å². The highest BCUT2D eigenvalue weighted by atomic mass is 16.7. The monoisotopic (exact) mass is 358 g/mol. The summed E-state index contributed by atoms with van der Waals surface area (Å²) in [4.78, 5) is 12.2. The lowest BCUT2D eigenvalue weighted by Gasteiger charge is -2.18. The maximum Gasteiger partial charge on any atom is 0.189 e. The van der Waals surface area contributed by atoms with E-state index >= 15 is 0 Å². The standard InChI is InChI=1S/C20H22O6/c21-16(13-24-11-14-7-3-1-4-8-14)18-17(22)19(20(23)26-18)25-12-15-9-5-2-6-10-15/h1-10,17-20,22-23H,11-13H2/t17-,18-,19-,20?/m0/s1. The number of ether oxygens (including phenoxy) is 3. The number of rotatable bonds is 8. The molecular formula is C20H22O6. The van der Waals surface area contributed by atoms with Crippen molar-refractivity contribution in [2.24, 2.45) is 0 Å². The van der Waals surface area contributed by atoms with Crippen LogP contribution in [0.2, 0.25) is 0 Å². The summed E-state index contributed by atoms with van der Waals surface area (Å²) in [5.74, 6) is -0.432. The predicted octanol–water partition coefficient (Wildman–Crippen LogP) is 1.44. The molecule has 1 heterocycles. The van der Waals surface area contributed by atoms with E-state index in [1.165, 1.54) is 0 Å². The molecule has 0 spiro atoms. The summed E-state index contributed by atoms with van der Waals surface area (Å²) in [6.07, 6.45) is -4.77. The summed E-state index contributed by atoms with van der Waals surface area (Å²) < 4.78 is 16.1. The van der Waals surface area contributed by atoms with Crippen molar-refractivity contribution in [3.63, 3.8) is 0 Å². The van der Waals surface area contributed by atoms with Crippen LogP contribution < -0.4 is 0 Å². The van der Waals surface area contributed by atoms with Crippen LogP contribution in [0.3, 0.4) is 0 Å². The molecule has 0 bridgehead atoms. The minimum Gasteiger partial charge on any atom is -0.387 e. The molecule has 0 amide bonds. The number of carbonyl (C=O) groups is 1. The van der Waals surface area contributed by atoms with E-state index in [0.29, 0.717) is 0 Å². The van der Waals surface area contributed by atoms with Gasteiger partial charge in [0.15, 0.2) is 12.1 Å². The summed E-state index contributed by atoms with van der Waals surface area (Å²) >= 11 is 0. The van der Waals surface area contributed by atoms with Crippen LogP contribution in [0.15, 0.2) is 60.7 Å². The van der Waals surface area contributed by atoms with Crippen molar-refractivity contribution in [1.82, 2.24) is 0 Å². The maximum absolute atomic E-state index is 12.2. The molecule has 0 aliphatic carbocycles. The van der Waals surface area contributed by atoms with Crippen molar-refractivity contribution in [3.8, 4) is 0 Å². The van der Waals surface area contributed by atoms with Crippen LogP contribution in [0.25, 0.3) is 0 Å². The van der Waals surface area contributed by atoms with Crippen molar-refractivity contribution in [2.45, 2.75) is 37.8 Å². The van der Waals surface area contributed by atoms with Gasteiger partial charge in [-0.1, -0.05) is 60.7 Å². The van der Waals surface area contributed by atoms with Gasteiger partial charge in [-0.2, -0.15) is 0 Å². The molecule has 3 rings (SSSR count). The zero-order valence-electron chi connectivity index (χ0n) is 14.2. The SMILES string of the molecule is O=C(COCc1ccccc1)[C@@H]1OC(O)[C@@H](OCc2ccccc2)[C@H]1O. The van der Waals surface area contributed by atoms with E-state index < -0.39 is 30.4 Å². The van der Waals surface area contributed by atoms with Gasteiger partial charge in [-0.15, -0.1) is 0 Å². The van der Waals surface area contributed by atoms with E-state index in [1.54, 1.807) is 0 Å². The Labute approximate surface area is 151 Å². The first-order valence-electron chi connectivity index (χ1n) is 8.46. The van der Waals surface area contributed by atoms with E-state index in [0.717, 1.165) is 11.1 Å². The molecule has 2 N–H and O–H groups in total. The molecule has 26 heavy (non-hydrogen) atoms. The van der Waals surface area contributed by atoms with Crippen LogP contribution in [-0.2, 0) is 32.2 Å². The molecule has 4 atom stereocenters. The second-order valence-electron chi connectivity index (χ2n) is 6.14. The minimum absolute atomic E-state index is 0.203. The zero-order chi connectivity index (χ0) is 18.4. The highest BCUT2D eigenvalue weighted by Gasteiger charge is 2.47. The van der Waals surface area contributed by atoms with E-state index in [2.05, 4.69) is 0 Å². The molecule has 0 aromatic heterocycles. The molecule has 1 aliphatic heterocycles. The van der Waals surface area contributed by atoms with E-state index in [-0.39, 0.29) is 19.8 Å². The summed E-state index contributed by atoms with van der Waals surface area (Å²) in [6, 6.07) is 18.8. The number of hydrogen-bond donors (Lipinski definition) is 2. The summed E-state index contributed by atoms with van der Waals surface area (Å²) in [7, 11) is 0. The second kappa shape index (κ2) is 9.02. The van der Waals surface area contributed by atoms with Gasteiger partial charge in [0.1, 0.15) is 24.9 Å². The Balaban J connectivity index is 1.48. The van der Waals surface area contributed by atoms with Gasteiger partial charge in [-0.05, 0) is 11.1 Å². The van der Waals surface area contributed by atoms with Crippen LogP contribution in [0.5, 0.6) is 0 Å². The molecule has 1 aliphatic rings. The molecule has 138 valence electrons. The van der Waals surface area contributed by atoms with Crippen LogP contribution >= 0.6 is 0 Å². The lowest BCUT2D eigenvalue weighted by atomic mass is 10.1. The predicted molar refractivity (Wildman–Crippen MR) is 93.0 cm³/mol. The number of ketones is 1. The van der Waals surface area contributed by atoms with Gasteiger partial charge in [0.05, 0.1) is 13.2 Å². The first kappa shape index (κ1) is 18.7. The van der Waals surface area contributed by atoms with Crippen molar-refractivity contribution in [2.75, 3.05) is 6.61 Å². The second-order valence-corrected chi connectivity index (χ2v) is 6.14. The van der Waals surface area contributed by atoms with E-state index in [4.69, 9.17) is 14.2 Å². The average molecular weight is 358 g/mol. The minimum atomic E-state index is -1.36. The fourth-order valence-corrected chi connectivity index (χ4v) is 2.79. The van der Waals surface area contributed by atoms with E-state index in [9.17, 15) is 15.0 Å². The number of aliphatic hydroxyl groups is 2. The molecule has 1 unspecified atom stereocenters. The number of carbonyl (C=O) groups excluding carboxylic acids is 1. The third-order valence-corrected chi connectivity index (χ3v) is 4.17. The smallest absolute Gasteiger partial charge is 0.189 e. The fraction of sp³-hybridized carbons (Fsp3) is 0.350. The largest absolute Gasteiger partial charge is 0.387 e. The highest BCUT2D eigenvalue weighted by Crippen LogP contribution is 2.24. The van der Waals surface area contributed by atoms with Crippen molar-refractivity contribution in [1.29, 1.82) is 0 Å². The van der Waals surface area contributed by atoms with Gasteiger partial charge < -0.3 is 24.4 Å². The topological polar surface area (TPSA) is 85.2 Å². The van der Waals surface area contributed by atoms with Crippen LogP contribution in [-0.4, -0.2) is 47.2 Å². The molecule has 1 fully saturated rings. The number of hydrogen-bond acceptors (Lipinski definition) is 6. The molecular weight excluding hydrogens is 336 g/mol. The quantitative estimate of drug-likeness (QED) is 0.743. The molecule has 6 nitrogen and oxygen atoms in total. The van der Waals surface area contributed by atoms with Gasteiger partial charge in [0, 0.05) is 0 Å². The Morgan fingerprint density at radius 3 is 2.12 bits per heavy atom. The van der Waals surface area contributed by atoms with Crippen molar-refractivity contribution in [3.05, 3.63) is 71.8 Å². The Kier molecular flexibility index (Phi) is 6.49. The van der Waals surface area contributed by atoms with Crippen LogP contribution in [0.1, 0.15) is 11.1 Å². The van der Waals surface area contributed by atoms with Crippen molar-refractivity contribution < 1.29 is 29.2 Å². The third kappa shape index (κ3) is 4.75.